The molecule has 1 heterocycles. The summed E-state index contributed by atoms with van der Waals surface area (Å²) in [6.07, 6.45) is 1.83. The molecule has 0 bridgehead atoms. The molecule has 1 aliphatic heterocycles. The molecule has 0 unspecified atom stereocenters. The molecule has 0 saturated carbocycles. The Morgan fingerprint density at radius 3 is 2.83 bits per heavy atom. The molecular formula is C2H4N2S2. The van der Waals surface area contributed by atoms with Gasteiger partial charge in [-0.3, -0.25) is 4.41 Å². The Morgan fingerprint density at radius 2 is 2.67 bits per heavy atom. The standard InChI is InChI=1S/C2H4N2S2/c5-4-1-2-6-3-4/h1-3,5H. The van der Waals surface area contributed by atoms with Crippen LogP contribution in [0.25, 0.3) is 0 Å². The predicted octanol–water partition coefficient (Wildman–Crippen LogP) is 0.771. The quantitative estimate of drug-likeness (QED) is 0.363. The number of hydrazine groups is 1. The first-order valence-electron chi connectivity index (χ1n) is 1.45. The molecule has 2 nitrogen and oxygen atoms in total. The monoisotopic (exact) mass is 120 g/mol. The lowest BCUT2D eigenvalue weighted by Gasteiger charge is -2.00. The van der Waals surface area contributed by atoms with Crippen molar-refractivity contribution in [3.8, 4) is 0 Å². The molecule has 0 aromatic heterocycles. The Kier molecular flexibility index (Phi) is 1.29. The lowest BCUT2D eigenvalue weighted by Crippen LogP contribution is -2.10. The van der Waals surface area contributed by atoms with Gasteiger partial charge >= 0.3 is 0 Å². The summed E-state index contributed by atoms with van der Waals surface area (Å²) in [4.78, 5) is 2.82. The van der Waals surface area contributed by atoms with Gasteiger partial charge in [-0.25, -0.2) is 0 Å². The highest BCUT2D eigenvalue weighted by Gasteiger charge is 1.93. The van der Waals surface area contributed by atoms with Crippen LogP contribution in [-0.4, -0.2) is 4.41 Å². The minimum Gasteiger partial charge on any atom is -0.250 e. The van der Waals surface area contributed by atoms with Crippen LogP contribution in [0.5, 0.6) is 0 Å². The smallest absolute Gasteiger partial charge is 0.0369 e. The van der Waals surface area contributed by atoms with Crippen LogP contribution in [-0.2, 0) is 0 Å². The summed E-state index contributed by atoms with van der Waals surface area (Å²) in [7, 11) is 0. The number of nitrogens with zero attached hydrogens (tertiary/aromatic N) is 1. The molecule has 1 rings (SSSR count). The van der Waals surface area contributed by atoms with Crippen LogP contribution in [0, 0.1) is 0 Å². The van der Waals surface area contributed by atoms with Gasteiger partial charge in [-0.2, -0.15) is 4.83 Å². The van der Waals surface area contributed by atoms with Crippen molar-refractivity contribution in [1.82, 2.24) is 9.25 Å². The van der Waals surface area contributed by atoms with Crippen LogP contribution in [0.3, 0.4) is 0 Å². The molecule has 0 fully saturated rings. The summed E-state index contributed by atoms with van der Waals surface area (Å²) in [5.41, 5.74) is 0. The zero-order chi connectivity index (χ0) is 4.41. The molecule has 1 N–H and O–H groups in total. The van der Waals surface area contributed by atoms with Crippen LogP contribution in [0.4, 0.5) is 0 Å². The maximum absolute atomic E-state index is 3.91. The zero-order valence-electron chi connectivity index (χ0n) is 2.96. The van der Waals surface area contributed by atoms with E-state index in [1.54, 1.807) is 4.41 Å². The molecular weight excluding hydrogens is 116 g/mol. The Balaban J connectivity index is 2.38. The van der Waals surface area contributed by atoms with Crippen LogP contribution in [0.1, 0.15) is 0 Å². The third kappa shape index (κ3) is 0.830. The third-order valence-electron chi connectivity index (χ3n) is 0.416. The van der Waals surface area contributed by atoms with E-state index in [0.29, 0.717) is 0 Å². The van der Waals surface area contributed by atoms with Crippen molar-refractivity contribution in [3.63, 3.8) is 0 Å². The Labute approximate surface area is 46.2 Å². The summed E-state index contributed by atoms with van der Waals surface area (Å²) in [6.45, 7) is 0. The van der Waals surface area contributed by atoms with Gasteiger partial charge in [0.05, 0.1) is 0 Å². The molecule has 0 aliphatic carbocycles. The summed E-state index contributed by atoms with van der Waals surface area (Å²) in [5.74, 6) is 0. The SMILES string of the molecule is SN1C=CSN1. The topological polar surface area (TPSA) is 15.3 Å². The van der Waals surface area contributed by atoms with E-state index >= 15 is 0 Å². The fourth-order valence-corrected chi connectivity index (χ4v) is 0.914. The molecule has 0 aromatic carbocycles. The maximum atomic E-state index is 3.91. The van der Waals surface area contributed by atoms with Crippen molar-refractivity contribution in [3.05, 3.63) is 11.6 Å². The van der Waals surface area contributed by atoms with Gasteiger partial charge in [0.1, 0.15) is 0 Å². The van der Waals surface area contributed by atoms with Crippen LogP contribution < -0.4 is 4.83 Å². The molecule has 0 saturated heterocycles. The van der Waals surface area contributed by atoms with E-state index in [1.807, 2.05) is 11.6 Å². The van der Waals surface area contributed by atoms with E-state index in [9.17, 15) is 0 Å². The molecule has 0 radical (unpaired) electrons. The van der Waals surface area contributed by atoms with Gasteiger partial charge in [0.2, 0.25) is 0 Å². The summed E-state index contributed by atoms with van der Waals surface area (Å²) >= 11 is 5.41. The van der Waals surface area contributed by atoms with Crippen molar-refractivity contribution in [1.29, 1.82) is 0 Å². The second kappa shape index (κ2) is 1.77. The van der Waals surface area contributed by atoms with E-state index in [-0.39, 0.29) is 0 Å². The maximum Gasteiger partial charge on any atom is 0.0369 e. The molecule has 4 heteroatoms. The average molecular weight is 120 g/mol. The van der Waals surface area contributed by atoms with Crippen molar-refractivity contribution < 1.29 is 0 Å². The first kappa shape index (κ1) is 4.36. The second-order valence-electron chi connectivity index (χ2n) is 0.839. The van der Waals surface area contributed by atoms with Gasteiger partial charge in [-0.15, -0.1) is 0 Å². The third-order valence-corrected chi connectivity index (χ3v) is 1.34. The lowest BCUT2D eigenvalue weighted by atomic mass is 11.1. The van der Waals surface area contributed by atoms with Gasteiger partial charge in [0.25, 0.3) is 0 Å². The summed E-state index contributed by atoms with van der Waals surface area (Å²) in [6, 6.07) is 0. The van der Waals surface area contributed by atoms with Gasteiger partial charge in [0, 0.05) is 11.6 Å². The van der Waals surface area contributed by atoms with Crippen molar-refractivity contribution in [2.24, 2.45) is 0 Å². The highest BCUT2D eigenvalue weighted by atomic mass is 32.2. The minimum atomic E-state index is 1.50. The molecule has 6 heavy (non-hydrogen) atoms. The Bertz CT molecular complexity index is 71.9. The zero-order valence-corrected chi connectivity index (χ0v) is 4.67. The fourth-order valence-electron chi connectivity index (χ4n) is 0.203. The van der Waals surface area contributed by atoms with Gasteiger partial charge in [-0.05, 0) is 24.8 Å². The van der Waals surface area contributed by atoms with E-state index < -0.39 is 0 Å². The van der Waals surface area contributed by atoms with Gasteiger partial charge in [-0.1, -0.05) is 0 Å². The van der Waals surface area contributed by atoms with Crippen molar-refractivity contribution in [2.45, 2.75) is 0 Å². The van der Waals surface area contributed by atoms with E-state index in [1.165, 1.54) is 11.9 Å². The Hall–Kier alpha value is 0.200. The van der Waals surface area contributed by atoms with E-state index in [0.717, 1.165) is 0 Å². The average Bonchev–Trinajstić information content (AvgIpc) is 1.86. The number of hydrogen-bond donors (Lipinski definition) is 2. The van der Waals surface area contributed by atoms with Crippen LogP contribution in [0.2, 0.25) is 0 Å². The number of thiol groups is 1. The van der Waals surface area contributed by atoms with Gasteiger partial charge < -0.3 is 0 Å². The minimum absolute atomic E-state index is 1.50. The molecule has 0 spiro atoms. The molecule has 0 atom stereocenters. The van der Waals surface area contributed by atoms with Gasteiger partial charge in [0.15, 0.2) is 0 Å². The van der Waals surface area contributed by atoms with Crippen molar-refractivity contribution in [2.75, 3.05) is 0 Å². The Morgan fingerprint density at radius 1 is 1.83 bits per heavy atom. The highest BCUT2D eigenvalue weighted by molar-refractivity contribution is 8.00. The summed E-state index contributed by atoms with van der Waals surface area (Å²) in [5, 5.41) is 1.91. The van der Waals surface area contributed by atoms with Crippen LogP contribution in [0.15, 0.2) is 11.6 Å². The first-order valence-corrected chi connectivity index (χ1v) is 2.73. The lowest BCUT2D eigenvalue weighted by molar-refractivity contribution is 0.628. The van der Waals surface area contributed by atoms with Crippen LogP contribution >= 0.6 is 24.8 Å². The highest BCUT2D eigenvalue weighted by Crippen LogP contribution is 2.08. The summed E-state index contributed by atoms with van der Waals surface area (Å²) < 4.78 is 1.59. The molecule has 1 aliphatic rings. The largest absolute Gasteiger partial charge is 0.250 e. The predicted molar refractivity (Wildman–Crippen MR) is 30.7 cm³/mol. The first-order chi connectivity index (χ1) is 2.89. The normalized spacial score (nSPS) is 19.8. The van der Waals surface area contributed by atoms with E-state index in [2.05, 4.69) is 17.6 Å². The van der Waals surface area contributed by atoms with E-state index in [4.69, 9.17) is 0 Å². The molecule has 0 aromatic rings. The molecule has 34 valence electrons. The fraction of sp³-hybridized carbons (Fsp3) is 0. The second-order valence-corrected chi connectivity index (χ2v) is 1.96. The number of nitrogens with one attached hydrogen (secondary N) is 1. The number of hydrogen-bond acceptors (Lipinski definition) is 4. The molecule has 0 amide bonds. The number of rotatable bonds is 0. The van der Waals surface area contributed by atoms with Crippen molar-refractivity contribution >= 4 is 24.8 Å².